The molecule has 2 aromatic heterocycles. The minimum absolute atomic E-state index is 0.113. The van der Waals surface area contributed by atoms with Crippen molar-refractivity contribution in [3.8, 4) is 22.7 Å². The molecule has 0 radical (unpaired) electrons. The Morgan fingerprint density at radius 1 is 1.07 bits per heavy atom. The molecule has 0 unspecified atom stereocenters. The van der Waals surface area contributed by atoms with Crippen molar-refractivity contribution in [3.05, 3.63) is 86.9 Å². The average Bonchev–Trinajstić information content (AvgIpc) is 2.71. The first-order chi connectivity index (χ1) is 13.9. The maximum Gasteiger partial charge on any atom is 0.364 e. The number of aryl methyl sites for hydroxylation is 3. The van der Waals surface area contributed by atoms with Crippen LogP contribution in [0, 0.1) is 13.8 Å². The standard InChI is InChI=1S/C22H21ClN4O2/c1-14-5-4-6-20(27-22(28)26(3)25-27)19(14)13-29-21-12-11-18(15(2)24-21)16-7-9-17(23)10-8-16/h4-12,25H,13H2,1-3H3. The summed E-state index contributed by atoms with van der Waals surface area (Å²) in [6.45, 7) is 4.26. The van der Waals surface area contributed by atoms with Crippen LogP contribution in [0.1, 0.15) is 16.8 Å². The molecule has 0 fully saturated rings. The predicted octanol–water partition coefficient (Wildman–Crippen LogP) is 4.42. The lowest BCUT2D eigenvalue weighted by Gasteiger charge is -2.18. The van der Waals surface area contributed by atoms with E-state index in [1.54, 1.807) is 7.05 Å². The fourth-order valence-electron chi connectivity index (χ4n) is 3.28. The number of H-pyrrole nitrogens is 1. The summed E-state index contributed by atoms with van der Waals surface area (Å²) in [7, 11) is 1.68. The van der Waals surface area contributed by atoms with Gasteiger partial charge in [-0.15, -0.1) is 0 Å². The summed E-state index contributed by atoms with van der Waals surface area (Å²) in [5, 5.41) is 3.65. The molecule has 0 amide bonds. The number of benzene rings is 2. The molecular formula is C22H21ClN4O2. The molecule has 2 aromatic carbocycles. The Kier molecular flexibility index (Phi) is 5.03. The van der Waals surface area contributed by atoms with E-state index >= 15 is 0 Å². The molecule has 148 valence electrons. The summed E-state index contributed by atoms with van der Waals surface area (Å²) in [5.41, 5.74) is 5.60. The summed E-state index contributed by atoms with van der Waals surface area (Å²) in [6.07, 6.45) is 0. The number of hydrogen-bond donors (Lipinski definition) is 1. The normalized spacial score (nSPS) is 11.0. The van der Waals surface area contributed by atoms with Crippen molar-refractivity contribution < 1.29 is 4.74 Å². The second-order valence-electron chi connectivity index (χ2n) is 6.93. The van der Waals surface area contributed by atoms with Crippen LogP contribution in [0.15, 0.2) is 59.4 Å². The van der Waals surface area contributed by atoms with E-state index in [1.807, 2.05) is 68.4 Å². The Bertz CT molecular complexity index is 1220. The molecule has 0 aliphatic rings. The van der Waals surface area contributed by atoms with E-state index in [0.29, 0.717) is 17.5 Å². The first-order valence-electron chi connectivity index (χ1n) is 9.23. The zero-order chi connectivity index (χ0) is 20.5. The van der Waals surface area contributed by atoms with Crippen LogP contribution in [0.3, 0.4) is 0 Å². The lowest BCUT2D eigenvalue weighted by molar-refractivity contribution is 0.291. The van der Waals surface area contributed by atoms with Crippen molar-refractivity contribution in [2.75, 3.05) is 0 Å². The highest BCUT2D eigenvalue weighted by Crippen LogP contribution is 2.26. The van der Waals surface area contributed by atoms with E-state index in [0.717, 1.165) is 33.6 Å². The second-order valence-corrected chi connectivity index (χ2v) is 7.36. The molecule has 0 saturated carbocycles. The number of ether oxygens (including phenoxy) is 1. The molecule has 2 heterocycles. The van der Waals surface area contributed by atoms with Gasteiger partial charge >= 0.3 is 5.69 Å². The molecule has 4 rings (SSSR count). The van der Waals surface area contributed by atoms with Gasteiger partial charge in [-0.05, 0) is 49.2 Å². The Hall–Kier alpha value is -3.25. The van der Waals surface area contributed by atoms with Crippen molar-refractivity contribution in [2.45, 2.75) is 20.5 Å². The van der Waals surface area contributed by atoms with Crippen molar-refractivity contribution >= 4 is 11.6 Å². The van der Waals surface area contributed by atoms with Crippen molar-refractivity contribution in [1.82, 2.24) is 19.6 Å². The van der Waals surface area contributed by atoms with Gasteiger partial charge in [-0.1, -0.05) is 35.9 Å². The van der Waals surface area contributed by atoms with Gasteiger partial charge in [0, 0.05) is 35.0 Å². The zero-order valence-corrected chi connectivity index (χ0v) is 17.2. The first kappa shape index (κ1) is 19.1. The number of nitrogens with one attached hydrogen (secondary N) is 1. The van der Waals surface area contributed by atoms with Gasteiger partial charge in [0.2, 0.25) is 5.88 Å². The quantitative estimate of drug-likeness (QED) is 0.531. The van der Waals surface area contributed by atoms with Gasteiger partial charge in [-0.2, -0.15) is 4.68 Å². The number of aromatic nitrogens is 4. The van der Waals surface area contributed by atoms with Crippen LogP contribution < -0.4 is 10.4 Å². The highest BCUT2D eigenvalue weighted by Gasteiger charge is 2.14. The lowest BCUT2D eigenvalue weighted by atomic mass is 10.0. The van der Waals surface area contributed by atoms with Gasteiger partial charge in [0.1, 0.15) is 6.61 Å². The molecule has 29 heavy (non-hydrogen) atoms. The molecule has 0 aliphatic heterocycles. The number of halogens is 1. The van der Waals surface area contributed by atoms with Gasteiger partial charge in [-0.25, -0.2) is 19.7 Å². The topological polar surface area (TPSA) is 64.8 Å². The molecule has 7 heteroatoms. The van der Waals surface area contributed by atoms with Gasteiger partial charge in [-0.3, -0.25) is 0 Å². The fourth-order valence-corrected chi connectivity index (χ4v) is 3.41. The summed E-state index contributed by atoms with van der Waals surface area (Å²) < 4.78 is 8.91. The number of aromatic amines is 1. The molecular weight excluding hydrogens is 388 g/mol. The summed E-state index contributed by atoms with van der Waals surface area (Å²) in [6, 6.07) is 17.3. The fraction of sp³-hybridized carbons (Fsp3) is 0.182. The smallest absolute Gasteiger partial charge is 0.364 e. The third-order valence-corrected chi connectivity index (χ3v) is 5.19. The monoisotopic (exact) mass is 408 g/mol. The molecule has 0 bridgehead atoms. The molecule has 1 N–H and O–H groups in total. The average molecular weight is 409 g/mol. The maximum absolute atomic E-state index is 12.1. The lowest BCUT2D eigenvalue weighted by Crippen LogP contribution is -2.40. The molecule has 0 aliphatic carbocycles. The number of nitrogens with zero attached hydrogens (tertiary/aromatic N) is 3. The van der Waals surface area contributed by atoms with Crippen LogP contribution in [0.5, 0.6) is 5.88 Å². The van der Waals surface area contributed by atoms with Gasteiger partial charge in [0.05, 0.1) is 5.69 Å². The first-order valence-corrected chi connectivity index (χ1v) is 9.61. The van der Waals surface area contributed by atoms with Crippen LogP contribution in [0.2, 0.25) is 5.02 Å². The van der Waals surface area contributed by atoms with Crippen LogP contribution in [0.25, 0.3) is 16.8 Å². The largest absolute Gasteiger partial charge is 0.473 e. The number of pyridine rings is 1. The summed E-state index contributed by atoms with van der Waals surface area (Å²) >= 11 is 5.98. The van der Waals surface area contributed by atoms with Crippen LogP contribution in [-0.2, 0) is 13.7 Å². The second kappa shape index (κ2) is 7.64. The summed E-state index contributed by atoms with van der Waals surface area (Å²) in [4.78, 5) is 16.7. The Balaban J connectivity index is 1.57. The minimum atomic E-state index is -0.113. The van der Waals surface area contributed by atoms with Crippen molar-refractivity contribution in [2.24, 2.45) is 7.05 Å². The van der Waals surface area contributed by atoms with Gasteiger partial charge < -0.3 is 4.74 Å². The van der Waals surface area contributed by atoms with Crippen LogP contribution in [0.4, 0.5) is 0 Å². The molecule has 0 atom stereocenters. The Labute approximate surface area is 173 Å². The van der Waals surface area contributed by atoms with E-state index in [1.165, 1.54) is 9.36 Å². The minimum Gasteiger partial charge on any atom is -0.473 e. The number of hydrogen-bond acceptors (Lipinski definition) is 3. The van der Waals surface area contributed by atoms with Gasteiger partial charge in [0.25, 0.3) is 0 Å². The molecule has 4 aromatic rings. The van der Waals surface area contributed by atoms with Crippen LogP contribution >= 0.6 is 11.6 Å². The SMILES string of the molecule is Cc1cccc(-n2[nH]n(C)c2=O)c1COc1ccc(-c2ccc(Cl)cc2)c(C)n1. The summed E-state index contributed by atoms with van der Waals surface area (Å²) in [5.74, 6) is 0.537. The van der Waals surface area contributed by atoms with Crippen molar-refractivity contribution in [1.29, 1.82) is 0 Å². The Morgan fingerprint density at radius 3 is 2.48 bits per heavy atom. The predicted molar refractivity (Wildman–Crippen MR) is 114 cm³/mol. The third kappa shape index (κ3) is 3.71. The highest BCUT2D eigenvalue weighted by atomic mass is 35.5. The van der Waals surface area contributed by atoms with E-state index in [4.69, 9.17) is 16.3 Å². The Morgan fingerprint density at radius 2 is 1.83 bits per heavy atom. The number of rotatable bonds is 5. The highest BCUT2D eigenvalue weighted by molar-refractivity contribution is 6.30. The van der Waals surface area contributed by atoms with E-state index < -0.39 is 0 Å². The molecule has 6 nitrogen and oxygen atoms in total. The molecule has 0 saturated heterocycles. The third-order valence-electron chi connectivity index (χ3n) is 4.93. The van der Waals surface area contributed by atoms with E-state index in [9.17, 15) is 4.79 Å². The van der Waals surface area contributed by atoms with Gasteiger partial charge in [0.15, 0.2) is 0 Å². The van der Waals surface area contributed by atoms with E-state index in [-0.39, 0.29) is 5.69 Å². The molecule has 0 spiro atoms. The maximum atomic E-state index is 12.1. The van der Waals surface area contributed by atoms with Crippen LogP contribution in [-0.4, -0.2) is 19.6 Å². The van der Waals surface area contributed by atoms with Crippen molar-refractivity contribution in [3.63, 3.8) is 0 Å². The zero-order valence-electron chi connectivity index (χ0n) is 16.4. The van der Waals surface area contributed by atoms with E-state index in [2.05, 4.69) is 10.2 Å².